The number of nitrogens with one attached hydrogen (secondary N) is 2. The fraction of sp³-hybridized carbons (Fsp3) is 0.0909. The molecule has 0 saturated heterocycles. The van der Waals surface area contributed by atoms with Gasteiger partial charge in [0.05, 0.1) is 22.4 Å². The van der Waals surface area contributed by atoms with Crippen LogP contribution in [0.15, 0.2) is 66.9 Å². The summed E-state index contributed by atoms with van der Waals surface area (Å²) < 4.78 is 55.0. The highest BCUT2D eigenvalue weighted by Gasteiger charge is 2.38. The molecular formula is C22H15F4N5O2. The predicted molar refractivity (Wildman–Crippen MR) is 112 cm³/mol. The number of amides is 2. The number of anilines is 2. The lowest BCUT2D eigenvalue weighted by Crippen LogP contribution is -2.24. The molecule has 0 unspecified atom stereocenters. The largest absolute Gasteiger partial charge is 0.449 e. The van der Waals surface area contributed by atoms with Crippen LogP contribution in [0.4, 0.5) is 28.9 Å². The molecule has 0 aliphatic heterocycles. The molecule has 4 rings (SSSR count). The van der Waals surface area contributed by atoms with Gasteiger partial charge in [-0.3, -0.25) is 14.6 Å². The van der Waals surface area contributed by atoms with Crippen LogP contribution in [0, 0.1) is 5.82 Å². The Morgan fingerprint density at radius 3 is 2.42 bits per heavy atom. The van der Waals surface area contributed by atoms with E-state index in [1.54, 1.807) is 12.1 Å². The van der Waals surface area contributed by atoms with Gasteiger partial charge >= 0.3 is 6.18 Å². The van der Waals surface area contributed by atoms with E-state index in [0.717, 1.165) is 16.7 Å². The lowest BCUT2D eigenvalue weighted by molar-refractivity contribution is -0.147. The molecule has 0 aliphatic carbocycles. The number of aromatic nitrogens is 3. The second-order valence-electron chi connectivity index (χ2n) is 6.92. The Kier molecular flexibility index (Phi) is 5.78. The van der Waals surface area contributed by atoms with E-state index in [-0.39, 0.29) is 28.1 Å². The van der Waals surface area contributed by atoms with Gasteiger partial charge in [-0.1, -0.05) is 18.2 Å². The molecule has 0 aliphatic rings. The van der Waals surface area contributed by atoms with Gasteiger partial charge in [0.1, 0.15) is 18.1 Å². The molecule has 33 heavy (non-hydrogen) atoms. The summed E-state index contributed by atoms with van der Waals surface area (Å²) in [6.45, 7) is -0.737. The summed E-state index contributed by atoms with van der Waals surface area (Å²) in [7, 11) is 0. The van der Waals surface area contributed by atoms with Gasteiger partial charge < -0.3 is 15.2 Å². The smallest absolute Gasteiger partial charge is 0.323 e. The van der Waals surface area contributed by atoms with Crippen LogP contribution in [0.3, 0.4) is 0 Å². The van der Waals surface area contributed by atoms with Crippen molar-refractivity contribution in [1.29, 1.82) is 0 Å². The van der Waals surface area contributed by atoms with Crippen molar-refractivity contribution in [3.05, 3.63) is 84.2 Å². The number of fused-ring (bicyclic) bond motifs is 1. The van der Waals surface area contributed by atoms with E-state index in [9.17, 15) is 27.2 Å². The van der Waals surface area contributed by atoms with Crippen molar-refractivity contribution in [3.8, 4) is 0 Å². The second-order valence-corrected chi connectivity index (χ2v) is 6.92. The molecule has 2 N–H and O–H groups in total. The molecule has 2 amide bonds. The maximum absolute atomic E-state index is 13.8. The normalized spacial score (nSPS) is 11.4. The molecule has 2 aromatic heterocycles. The number of carbonyl (C=O) groups excluding carboxylic acids is 2. The number of hydrogen-bond acceptors (Lipinski definition) is 4. The maximum Gasteiger partial charge on any atom is 0.449 e. The number of hydrogen-bond donors (Lipinski definition) is 2. The molecule has 0 saturated carbocycles. The van der Waals surface area contributed by atoms with Crippen LogP contribution in [0.1, 0.15) is 16.3 Å². The van der Waals surface area contributed by atoms with Crippen LogP contribution in [0.25, 0.3) is 11.0 Å². The Balaban J connectivity index is 1.60. The summed E-state index contributed by atoms with van der Waals surface area (Å²) in [4.78, 5) is 32.5. The van der Waals surface area contributed by atoms with Crippen molar-refractivity contribution in [2.24, 2.45) is 0 Å². The Bertz CT molecular complexity index is 1340. The minimum atomic E-state index is -4.79. The van der Waals surface area contributed by atoms with E-state index in [1.807, 2.05) is 0 Å². The van der Waals surface area contributed by atoms with E-state index in [4.69, 9.17) is 0 Å². The van der Waals surface area contributed by atoms with Gasteiger partial charge in [0.2, 0.25) is 11.7 Å². The first kappa shape index (κ1) is 21.9. The van der Waals surface area contributed by atoms with E-state index in [1.165, 1.54) is 42.6 Å². The van der Waals surface area contributed by atoms with Gasteiger partial charge in [0, 0.05) is 6.20 Å². The second kappa shape index (κ2) is 8.69. The zero-order valence-corrected chi connectivity index (χ0v) is 16.7. The van der Waals surface area contributed by atoms with Crippen LogP contribution in [0.5, 0.6) is 0 Å². The molecule has 11 heteroatoms. The van der Waals surface area contributed by atoms with Crippen molar-refractivity contribution in [2.45, 2.75) is 12.7 Å². The molecule has 2 aromatic carbocycles. The number of halogens is 4. The van der Waals surface area contributed by atoms with E-state index >= 15 is 0 Å². The number of rotatable bonds is 5. The first-order chi connectivity index (χ1) is 15.7. The van der Waals surface area contributed by atoms with Gasteiger partial charge in [-0.05, 0) is 42.5 Å². The maximum atomic E-state index is 13.8. The molecule has 0 spiro atoms. The zero-order chi connectivity index (χ0) is 23.6. The quantitative estimate of drug-likeness (QED) is 0.433. The van der Waals surface area contributed by atoms with Crippen molar-refractivity contribution in [3.63, 3.8) is 0 Å². The van der Waals surface area contributed by atoms with E-state index < -0.39 is 36.2 Å². The van der Waals surface area contributed by atoms with Crippen molar-refractivity contribution < 1.29 is 27.2 Å². The molecular weight excluding hydrogens is 442 g/mol. The molecule has 0 radical (unpaired) electrons. The fourth-order valence-electron chi connectivity index (χ4n) is 3.20. The summed E-state index contributed by atoms with van der Waals surface area (Å²) in [6.07, 6.45) is -3.38. The summed E-state index contributed by atoms with van der Waals surface area (Å²) in [5.74, 6) is -3.44. The number of pyridine rings is 1. The summed E-state index contributed by atoms with van der Waals surface area (Å²) >= 11 is 0. The van der Waals surface area contributed by atoms with E-state index in [2.05, 4.69) is 20.6 Å². The summed E-state index contributed by atoms with van der Waals surface area (Å²) in [5, 5.41) is 4.86. The van der Waals surface area contributed by atoms with Crippen LogP contribution >= 0.6 is 0 Å². The van der Waals surface area contributed by atoms with Gasteiger partial charge in [0.15, 0.2) is 0 Å². The molecule has 4 aromatic rings. The molecule has 168 valence electrons. The average molecular weight is 457 g/mol. The highest BCUT2D eigenvalue weighted by atomic mass is 19.4. The van der Waals surface area contributed by atoms with Gasteiger partial charge in [-0.15, -0.1) is 0 Å². The lowest BCUT2D eigenvalue weighted by atomic mass is 10.2. The molecule has 2 heterocycles. The first-order valence-corrected chi connectivity index (χ1v) is 9.56. The molecule has 0 fully saturated rings. The minimum Gasteiger partial charge on any atom is -0.323 e. The molecule has 0 bridgehead atoms. The number of benzene rings is 2. The third-order valence-corrected chi connectivity index (χ3v) is 4.61. The molecule has 0 atom stereocenters. The van der Waals surface area contributed by atoms with Crippen LogP contribution in [-0.2, 0) is 17.5 Å². The Hall–Kier alpha value is -4.28. The highest BCUT2D eigenvalue weighted by Crippen LogP contribution is 2.31. The van der Waals surface area contributed by atoms with Gasteiger partial charge in [-0.2, -0.15) is 13.2 Å². The SMILES string of the molecule is O=C(Cn1c(C(F)(F)F)nc2ccccc21)Nc1cc(F)ccc1NC(=O)c1ccccn1. The van der Waals surface area contributed by atoms with Crippen molar-refractivity contribution in [2.75, 3.05) is 10.6 Å². The van der Waals surface area contributed by atoms with Crippen molar-refractivity contribution >= 4 is 34.2 Å². The summed E-state index contributed by atoms with van der Waals surface area (Å²) in [6, 6.07) is 13.8. The topological polar surface area (TPSA) is 88.9 Å². The third-order valence-electron chi connectivity index (χ3n) is 4.61. The number of para-hydroxylation sites is 2. The van der Waals surface area contributed by atoms with Crippen LogP contribution in [-0.4, -0.2) is 26.3 Å². The number of imidazole rings is 1. The monoisotopic (exact) mass is 457 g/mol. The predicted octanol–water partition coefficient (Wildman–Crippen LogP) is 4.48. The Morgan fingerprint density at radius 1 is 0.939 bits per heavy atom. The van der Waals surface area contributed by atoms with Crippen LogP contribution in [0.2, 0.25) is 0 Å². The lowest BCUT2D eigenvalue weighted by Gasteiger charge is -2.14. The first-order valence-electron chi connectivity index (χ1n) is 9.56. The third kappa shape index (κ3) is 4.81. The molecule has 7 nitrogen and oxygen atoms in total. The zero-order valence-electron chi connectivity index (χ0n) is 16.7. The number of carbonyl (C=O) groups is 2. The van der Waals surface area contributed by atoms with Crippen LogP contribution < -0.4 is 10.6 Å². The van der Waals surface area contributed by atoms with E-state index in [0.29, 0.717) is 0 Å². The Morgan fingerprint density at radius 2 is 1.70 bits per heavy atom. The van der Waals surface area contributed by atoms with Gasteiger partial charge in [0.25, 0.3) is 5.91 Å². The standard InChI is InChI=1S/C22H15F4N5O2/c23-13-8-9-14(29-20(33)16-6-3-4-10-27-16)17(11-13)28-19(32)12-31-18-7-2-1-5-15(18)30-21(31)22(24,25)26/h1-11H,12H2,(H,28,32)(H,29,33). The van der Waals surface area contributed by atoms with Gasteiger partial charge in [-0.25, -0.2) is 9.37 Å². The number of nitrogens with zero attached hydrogens (tertiary/aromatic N) is 3. The Labute approximate surface area is 184 Å². The average Bonchev–Trinajstić information content (AvgIpc) is 3.15. The highest BCUT2D eigenvalue weighted by molar-refractivity contribution is 6.06. The summed E-state index contributed by atoms with van der Waals surface area (Å²) in [5.41, 5.74) is 0.197. The number of alkyl halides is 3. The minimum absolute atomic E-state index is 0.0481. The fourth-order valence-corrected chi connectivity index (χ4v) is 3.20. The van der Waals surface area contributed by atoms with Crippen molar-refractivity contribution in [1.82, 2.24) is 14.5 Å².